The molecule has 0 aromatic rings. The SMILES string of the molecule is CO[Si](CNN)(OC)OC. The van der Waals surface area contributed by atoms with Crippen molar-refractivity contribution in [2.75, 3.05) is 27.5 Å². The van der Waals surface area contributed by atoms with E-state index in [-0.39, 0.29) is 0 Å². The van der Waals surface area contributed by atoms with Crippen LogP contribution in [0.4, 0.5) is 0 Å². The van der Waals surface area contributed by atoms with Crippen molar-refractivity contribution in [3.8, 4) is 0 Å². The Labute approximate surface area is 61.8 Å². The van der Waals surface area contributed by atoms with Crippen LogP contribution >= 0.6 is 0 Å². The molecular formula is C4H14N2O3Si. The van der Waals surface area contributed by atoms with Crippen LogP contribution in [0.1, 0.15) is 0 Å². The number of hydrazine groups is 1. The minimum absolute atomic E-state index is 0.413. The molecule has 0 saturated heterocycles. The predicted octanol–water partition coefficient (Wildman–Crippen LogP) is -1.13. The van der Waals surface area contributed by atoms with Gasteiger partial charge in [0, 0.05) is 21.3 Å². The van der Waals surface area contributed by atoms with Crippen molar-refractivity contribution in [3.05, 3.63) is 0 Å². The van der Waals surface area contributed by atoms with Gasteiger partial charge >= 0.3 is 8.80 Å². The second kappa shape index (κ2) is 4.77. The summed E-state index contributed by atoms with van der Waals surface area (Å²) in [6, 6.07) is 0. The van der Waals surface area contributed by atoms with Gasteiger partial charge in [-0.15, -0.1) is 0 Å². The molecule has 0 aromatic carbocycles. The van der Waals surface area contributed by atoms with Gasteiger partial charge in [0.25, 0.3) is 0 Å². The van der Waals surface area contributed by atoms with Gasteiger partial charge in [0.2, 0.25) is 0 Å². The molecule has 0 aromatic heterocycles. The molecule has 3 N–H and O–H groups in total. The predicted molar refractivity (Wildman–Crippen MR) is 39.0 cm³/mol. The lowest BCUT2D eigenvalue weighted by atomic mass is 11.5. The molecule has 0 rings (SSSR count). The van der Waals surface area contributed by atoms with Crippen molar-refractivity contribution >= 4 is 8.80 Å². The van der Waals surface area contributed by atoms with Gasteiger partial charge in [-0.05, 0) is 0 Å². The van der Waals surface area contributed by atoms with Gasteiger partial charge in [-0.25, -0.2) is 0 Å². The van der Waals surface area contributed by atoms with Crippen LogP contribution in [-0.2, 0) is 13.3 Å². The zero-order valence-corrected chi connectivity index (χ0v) is 7.51. The van der Waals surface area contributed by atoms with E-state index in [4.69, 9.17) is 19.1 Å². The standard InChI is InChI=1S/C4H14N2O3Si/c1-7-10(8-2,9-3)4-6-5/h6H,4-5H2,1-3H3. The molecule has 0 amide bonds. The molecule has 5 nitrogen and oxygen atoms in total. The molecule has 0 unspecified atom stereocenters. The fourth-order valence-corrected chi connectivity index (χ4v) is 1.77. The van der Waals surface area contributed by atoms with E-state index >= 15 is 0 Å². The zero-order valence-electron chi connectivity index (χ0n) is 6.51. The smallest absolute Gasteiger partial charge is 0.376 e. The summed E-state index contributed by atoms with van der Waals surface area (Å²) in [7, 11) is 2.16. The highest BCUT2D eigenvalue weighted by molar-refractivity contribution is 6.60. The summed E-state index contributed by atoms with van der Waals surface area (Å²) in [4.78, 5) is 0. The molecule has 0 spiro atoms. The van der Waals surface area contributed by atoms with E-state index in [1.807, 2.05) is 0 Å². The molecule has 0 heterocycles. The van der Waals surface area contributed by atoms with Crippen LogP contribution < -0.4 is 11.3 Å². The highest BCUT2D eigenvalue weighted by Crippen LogP contribution is 2.02. The molecule has 0 aliphatic heterocycles. The number of hydrogen-bond acceptors (Lipinski definition) is 5. The van der Waals surface area contributed by atoms with Crippen molar-refractivity contribution in [3.63, 3.8) is 0 Å². The summed E-state index contributed by atoms with van der Waals surface area (Å²) >= 11 is 0. The van der Waals surface area contributed by atoms with E-state index in [9.17, 15) is 0 Å². The van der Waals surface area contributed by atoms with Gasteiger partial charge in [0.1, 0.15) is 0 Å². The van der Waals surface area contributed by atoms with Crippen LogP contribution in [0.2, 0.25) is 0 Å². The van der Waals surface area contributed by atoms with Crippen LogP contribution in [0.25, 0.3) is 0 Å². The third-order valence-corrected chi connectivity index (χ3v) is 3.75. The number of nitrogens with two attached hydrogens (primary N) is 1. The van der Waals surface area contributed by atoms with Crippen LogP contribution in [0.15, 0.2) is 0 Å². The average Bonchev–Trinajstić information content (AvgIpc) is 2.01. The Hall–Kier alpha value is 0.0169. The first kappa shape index (κ1) is 10.0. The topological polar surface area (TPSA) is 65.7 Å². The van der Waals surface area contributed by atoms with Crippen molar-refractivity contribution in [2.24, 2.45) is 5.84 Å². The first-order chi connectivity index (χ1) is 4.74. The maximum absolute atomic E-state index is 5.09. The van der Waals surface area contributed by atoms with E-state index in [1.54, 1.807) is 0 Å². The molecule has 62 valence electrons. The minimum atomic E-state index is -2.45. The zero-order chi connectivity index (χ0) is 8.04. The third-order valence-electron chi connectivity index (χ3n) is 1.25. The molecule has 0 aliphatic carbocycles. The second-order valence-corrected chi connectivity index (χ2v) is 4.62. The van der Waals surface area contributed by atoms with Crippen LogP contribution in [0.3, 0.4) is 0 Å². The minimum Gasteiger partial charge on any atom is -0.376 e. The summed E-state index contributed by atoms with van der Waals surface area (Å²) in [5.41, 5.74) is 2.45. The molecule has 0 atom stereocenters. The van der Waals surface area contributed by atoms with Gasteiger partial charge in [0.05, 0.1) is 6.17 Å². The van der Waals surface area contributed by atoms with Crippen molar-refractivity contribution in [1.82, 2.24) is 5.43 Å². The molecular weight excluding hydrogens is 152 g/mol. The quantitative estimate of drug-likeness (QED) is 0.307. The van der Waals surface area contributed by atoms with Crippen LogP contribution in [0.5, 0.6) is 0 Å². The Balaban J connectivity index is 3.87. The van der Waals surface area contributed by atoms with Gasteiger partial charge in [0.15, 0.2) is 0 Å². The van der Waals surface area contributed by atoms with Crippen LogP contribution in [-0.4, -0.2) is 36.3 Å². The Morgan fingerprint density at radius 3 is 1.70 bits per heavy atom. The molecule has 10 heavy (non-hydrogen) atoms. The van der Waals surface area contributed by atoms with Crippen molar-refractivity contribution < 1.29 is 13.3 Å². The Morgan fingerprint density at radius 1 is 1.20 bits per heavy atom. The Bertz CT molecular complexity index is 80.3. The normalized spacial score (nSPS) is 12.0. The lowest BCUT2D eigenvalue weighted by Gasteiger charge is -2.23. The largest absolute Gasteiger partial charge is 0.516 e. The Kier molecular flexibility index (Phi) is 4.78. The summed E-state index contributed by atoms with van der Waals surface area (Å²) in [5.74, 6) is 5.09. The highest BCUT2D eigenvalue weighted by Gasteiger charge is 2.36. The molecule has 6 heteroatoms. The number of hydrogen-bond donors (Lipinski definition) is 2. The first-order valence-electron chi connectivity index (χ1n) is 2.83. The first-order valence-corrected chi connectivity index (χ1v) is 4.76. The fraction of sp³-hybridized carbons (Fsp3) is 1.00. The lowest BCUT2D eigenvalue weighted by molar-refractivity contribution is 0.122. The average molecular weight is 166 g/mol. The number of nitrogens with one attached hydrogen (secondary N) is 1. The summed E-state index contributed by atoms with van der Waals surface area (Å²) in [6.45, 7) is 0. The van der Waals surface area contributed by atoms with Gasteiger partial charge in [-0.2, -0.15) is 0 Å². The van der Waals surface area contributed by atoms with Crippen molar-refractivity contribution in [2.45, 2.75) is 0 Å². The monoisotopic (exact) mass is 166 g/mol. The van der Waals surface area contributed by atoms with Crippen molar-refractivity contribution in [1.29, 1.82) is 0 Å². The molecule has 0 aliphatic rings. The molecule has 0 radical (unpaired) electrons. The fourth-order valence-electron chi connectivity index (χ4n) is 0.592. The molecule has 0 saturated carbocycles. The summed E-state index contributed by atoms with van der Waals surface area (Å²) in [6.07, 6.45) is 0.413. The van der Waals surface area contributed by atoms with E-state index in [0.717, 1.165) is 0 Å². The highest BCUT2D eigenvalue weighted by atomic mass is 28.4. The van der Waals surface area contributed by atoms with E-state index in [1.165, 1.54) is 21.3 Å². The summed E-state index contributed by atoms with van der Waals surface area (Å²) in [5, 5.41) is 0. The molecule has 0 bridgehead atoms. The second-order valence-electron chi connectivity index (χ2n) is 1.68. The maximum atomic E-state index is 5.09. The lowest BCUT2D eigenvalue weighted by Crippen LogP contribution is -2.53. The molecule has 0 fully saturated rings. The Morgan fingerprint density at radius 2 is 1.60 bits per heavy atom. The van der Waals surface area contributed by atoms with Crippen LogP contribution in [0, 0.1) is 0 Å². The number of rotatable bonds is 5. The third kappa shape index (κ3) is 2.33. The summed E-state index contributed by atoms with van der Waals surface area (Å²) < 4.78 is 15.1. The van der Waals surface area contributed by atoms with E-state index in [2.05, 4.69) is 5.43 Å². The van der Waals surface area contributed by atoms with E-state index < -0.39 is 8.80 Å². The van der Waals surface area contributed by atoms with Gasteiger partial charge in [-0.3, -0.25) is 11.3 Å². The van der Waals surface area contributed by atoms with E-state index in [0.29, 0.717) is 6.17 Å². The maximum Gasteiger partial charge on any atom is 0.516 e. The van der Waals surface area contributed by atoms with Gasteiger partial charge < -0.3 is 13.3 Å². The van der Waals surface area contributed by atoms with Gasteiger partial charge in [-0.1, -0.05) is 0 Å².